The standard InChI is InChI=1S/C19H20N2O5/c1-4-25-18(22)11-6-7-14-12(8-11)16-13(10-24-3)17(19(23)26-5-2)20-9-15(16)21-14/h6-9,21H,4-5,10H2,1-3H3. The Balaban J connectivity index is 2.26. The van der Waals surface area contributed by atoms with Crippen LogP contribution < -0.4 is 0 Å². The van der Waals surface area contributed by atoms with Crippen molar-refractivity contribution in [3.63, 3.8) is 0 Å². The van der Waals surface area contributed by atoms with Gasteiger partial charge in [-0.2, -0.15) is 0 Å². The predicted octanol–water partition coefficient (Wildman–Crippen LogP) is 3.22. The summed E-state index contributed by atoms with van der Waals surface area (Å²) in [7, 11) is 1.55. The van der Waals surface area contributed by atoms with Gasteiger partial charge in [0.15, 0.2) is 5.69 Å². The van der Waals surface area contributed by atoms with E-state index in [1.165, 1.54) is 0 Å². The number of rotatable bonds is 6. The Labute approximate surface area is 150 Å². The fraction of sp³-hybridized carbons (Fsp3) is 0.316. The van der Waals surface area contributed by atoms with Gasteiger partial charge < -0.3 is 19.2 Å². The number of hydrogen-bond acceptors (Lipinski definition) is 6. The highest BCUT2D eigenvalue weighted by molar-refractivity contribution is 6.12. The van der Waals surface area contributed by atoms with Gasteiger partial charge in [0.1, 0.15) is 0 Å². The molecule has 3 rings (SSSR count). The van der Waals surface area contributed by atoms with Gasteiger partial charge in [0.05, 0.1) is 37.1 Å². The molecule has 0 unspecified atom stereocenters. The summed E-state index contributed by atoms with van der Waals surface area (Å²) >= 11 is 0. The third kappa shape index (κ3) is 3.13. The summed E-state index contributed by atoms with van der Waals surface area (Å²) in [6.45, 7) is 4.25. The SMILES string of the molecule is CCOC(=O)c1ccc2[nH]c3cnc(C(=O)OCC)c(COC)c3c2c1. The fourth-order valence-corrected chi connectivity index (χ4v) is 2.96. The summed E-state index contributed by atoms with van der Waals surface area (Å²) in [5.41, 5.74) is 2.85. The van der Waals surface area contributed by atoms with Crippen LogP contribution in [0.4, 0.5) is 0 Å². The van der Waals surface area contributed by atoms with Crippen LogP contribution in [0, 0.1) is 0 Å². The van der Waals surface area contributed by atoms with Gasteiger partial charge in [-0.25, -0.2) is 14.6 Å². The molecule has 2 aromatic heterocycles. The van der Waals surface area contributed by atoms with Crippen LogP contribution in [0.5, 0.6) is 0 Å². The third-order valence-electron chi connectivity index (χ3n) is 4.01. The van der Waals surface area contributed by atoms with Crippen LogP contribution >= 0.6 is 0 Å². The van der Waals surface area contributed by atoms with E-state index in [1.54, 1.807) is 39.3 Å². The lowest BCUT2D eigenvalue weighted by atomic mass is 10.0. The number of aromatic amines is 1. The van der Waals surface area contributed by atoms with Crippen molar-refractivity contribution in [2.24, 2.45) is 0 Å². The van der Waals surface area contributed by atoms with Gasteiger partial charge in [-0.05, 0) is 32.0 Å². The number of ether oxygens (including phenoxy) is 3. The molecule has 2 heterocycles. The molecule has 1 aromatic carbocycles. The van der Waals surface area contributed by atoms with Crippen molar-refractivity contribution in [3.05, 3.63) is 41.2 Å². The first-order valence-corrected chi connectivity index (χ1v) is 8.37. The molecule has 3 aromatic rings. The molecule has 0 saturated carbocycles. The number of H-pyrrole nitrogens is 1. The minimum absolute atomic E-state index is 0.190. The van der Waals surface area contributed by atoms with E-state index >= 15 is 0 Å². The molecule has 0 aliphatic rings. The lowest BCUT2D eigenvalue weighted by molar-refractivity contribution is 0.0509. The van der Waals surface area contributed by atoms with Crippen LogP contribution in [0.15, 0.2) is 24.4 Å². The number of nitrogens with one attached hydrogen (secondary N) is 1. The van der Waals surface area contributed by atoms with Crippen LogP contribution in [0.3, 0.4) is 0 Å². The largest absolute Gasteiger partial charge is 0.462 e. The summed E-state index contributed by atoms with van der Waals surface area (Å²) in [6, 6.07) is 5.26. The highest BCUT2D eigenvalue weighted by atomic mass is 16.5. The molecule has 136 valence electrons. The number of hydrogen-bond donors (Lipinski definition) is 1. The zero-order valence-corrected chi connectivity index (χ0v) is 14.9. The Hall–Kier alpha value is -2.93. The Kier molecular flexibility index (Phi) is 5.18. The maximum absolute atomic E-state index is 12.3. The Bertz CT molecular complexity index is 977. The van der Waals surface area contributed by atoms with Crippen molar-refractivity contribution >= 4 is 33.7 Å². The molecule has 7 nitrogen and oxygen atoms in total. The lowest BCUT2D eigenvalue weighted by Gasteiger charge is -2.09. The molecule has 7 heteroatoms. The molecule has 0 bridgehead atoms. The van der Waals surface area contributed by atoms with Gasteiger partial charge in [0.25, 0.3) is 0 Å². The topological polar surface area (TPSA) is 90.5 Å². The number of esters is 2. The van der Waals surface area contributed by atoms with Gasteiger partial charge in [-0.1, -0.05) is 0 Å². The summed E-state index contributed by atoms with van der Waals surface area (Å²) in [4.78, 5) is 31.9. The minimum Gasteiger partial charge on any atom is -0.462 e. The Morgan fingerprint density at radius 3 is 2.50 bits per heavy atom. The number of carbonyl (C=O) groups excluding carboxylic acids is 2. The van der Waals surface area contributed by atoms with E-state index in [0.29, 0.717) is 17.7 Å². The lowest BCUT2D eigenvalue weighted by Crippen LogP contribution is -2.11. The second kappa shape index (κ2) is 7.53. The highest BCUT2D eigenvalue weighted by Gasteiger charge is 2.21. The van der Waals surface area contributed by atoms with Crippen LogP contribution in [0.1, 0.15) is 40.3 Å². The summed E-state index contributed by atoms with van der Waals surface area (Å²) in [6.07, 6.45) is 1.59. The molecule has 0 amide bonds. The van der Waals surface area contributed by atoms with Crippen molar-refractivity contribution in [3.8, 4) is 0 Å². The van der Waals surface area contributed by atoms with Crippen molar-refractivity contribution < 1.29 is 23.8 Å². The van der Waals surface area contributed by atoms with Crippen LogP contribution in [-0.2, 0) is 20.8 Å². The van der Waals surface area contributed by atoms with E-state index in [1.807, 2.05) is 6.07 Å². The smallest absolute Gasteiger partial charge is 0.357 e. The second-order valence-electron chi connectivity index (χ2n) is 5.63. The van der Waals surface area contributed by atoms with Gasteiger partial charge in [-0.15, -0.1) is 0 Å². The zero-order chi connectivity index (χ0) is 18.7. The maximum atomic E-state index is 12.3. The van der Waals surface area contributed by atoms with Gasteiger partial charge in [-0.3, -0.25) is 0 Å². The molecule has 1 N–H and O–H groups in total. The predicted molar refractivity (Wildman–Crippen MR) is 96.2 cm³/mol. The maximum Gasteiger partial charge on any atom is 0.357 e. The second-order valence-corrected chi connectivity index (χ2v) is 5.63. The quantitative estimate of drug-likeness (QED) is 0.682. The fourth-order valence-electron chi connectivity index (χ4n) is 2.96. The molecule has 0 aliphatic carbocycles. The third-order valence-corrected chi connectivity index (χ3v) is 4.01. The summed E-state index contributed by atoms with van der Waals surface area (Å²) in [5.74, 6) is -0.894. The summed E-state index contributed by atoms with van der Waals surface area (Å²) in [5, 5.41) is 1.58. The van der Waals surface area contributed by atoms with E-state index in [9.17, 15) is 9.59 Å². The van der Waals surface area contributed by atoms with E-state index in [4.69, 9.17) is 14.2 Å². The Morgan fingerprint density at radius 1 is 1.08 bits per heavy atom. The van der Waals surface area contributed by atoms with Crippen LogP contribution in [0.25, 0.3) is 21.8 Å². The van der Waals surface area contributed by atoms with E-state index in [2.05, 4.69) is 9.97 Å². The molecule has 26 heavy (non-hydrogen) atoms. The number of benzene rings is 1. The van der Waals surface area contributed by atoms with Gasteiger partial charge in [0, 0.05) is 29.0 Å². The minimum atomic E-state index is -0.502. The van der Waals surface area contributed by atoms with Crippen molar-refractivity contribution in [1.29, 1.82) is 0 Å². The number of nitrogens with zero attached hydrogens (tertiary/aromatic N) is 1. The summed E-state index contributed by atoms with van der Waals surface area (Å²) < 4.78 is 15.5. The molecule has 0 fully saturated rings. The first kappa shape index (κ1) is 17.9. The monoisotopic (exact) mass is 356 g/mol. The van der Waals surface area contributed by atoms with E-state index < -0.39 is 11.9 Å². The molecular formula is C19H20N2O5. The number of carbonyl (C=O) groups is 2. The normalized spacial score (nSPS) is 11.0. The van der Waals surface area contributed by atoms with E-state index in [-0.39, 0.29) is 18.9 Å². The van der Waals surface area contributed by atoms with Gasteiger partial charge in [0.2, 0.25) is 0 Å². The number of fused-ring (bicyclic) bond motifs is 3. The van der Waals surface area contributed by atoms with E-state index in [0.717, 1.165) is 21.8 Å². The van der Waals surface area contributed by atoms with Crippen molar-refractivity contribution in [2.75, 3.05) is 20.3 Å². The average molecular weight is 356 g/mol. The molecule has 0 saturated heterocycles. The Morgan fingerprint density at radius 2 is 1.81 bits per heavy atom. The first-order chi connectivity index (χ1) is 12.6. The van der Waals surface area contributed by atoms with Crippen molar-refractivity contribution in [1.82, 2.24) is 9.97 Å². The van der Waals surface area contributed by atoms with Crippen LogP contribution in [0.2, 0.25) is 0 Å². The van der Waals surface area contributed by atoms with Crippen LogP contribution in [-0.4, -0.2) is 42.2 Å². The first-order valence-electron chi connectivity index (χ1n) is 8.37. The molecule has 0 radical (unpaired) electrons. The molecule has 0 aliphatic heterocycles. The highest BCUT2D eigenvalue weighted by Crippen LogP contribution is 2.31. The number of pyridine rings is 1. The molecule has 0 spiro atoms. The average Bonchev–Trinajstić information content (AvgIpc) is 3.00. The molecule has 0 atom stereocenters. The van der Waals surface area contributed by atoms with Gasteiger partial charge >= 0.3 is 11.9 Å². The van der Waals surface area contributed by atoms with Crippen molar-refractivity contribution in [2.45, 2.75) is 20.5 Å². The number of aromatic nitrogens is 2. The zero-order valence-electron chi connectivity index (χ0n) is 14.9. The molecular weight excluding hydrogens is 336 g/mol. The number of methoxy groups -OCH3 is 1.